The van der Waals surface area contributed by atoms with E-state index in [1.165, 1.54) is 12.8 Å². The number of aliphatic imine (C=N–C) groups is 1. The molecule has 1 aliphatic rings. The molecule has 21 heavy (non-hydrogen) atoms. The van der Waals surface area contributed by atoms with Gasteiger partial charge in [-0.25, -0.2) is 4.99 Å². The number of nitrogens with zero attached hydrogens (tertiary/aromatic N) is 2. The van der Waals surface area contributed by atoms with Crippen LogP contribution in [0.5, 0.6) is 0 Å². The van der Waals surface area contributed by atoms with Crippen LogP contribution in [0.3, 0.4) is 0 Å². The number of allylic oxidation sites excluding steroid dienone is 2. The van der Waals surface area contributed by atoms with Gasteiger partial charge in [-0.15, -0.1) is 0 Å². The second-order valence-electron chi connectivity index (χ2n) is 5.53. The molecule has 0 fully saturated rings. The van der Waals surface area contributed by atoms with E-state index in [2.05, 4.69) is 39.9 Å². The Balaban J connectivity index is 1.91. The fourth-order valence-electron chi connectivity index (χ4n) is 2.51. The second-order valence-corrected chi connectivity index (χ2v) is 5.53. The van der Waals surface area contributed by atoms with Crippen molar-refractivity contribution in [1.29, 1.82) is 0 Å². The summed E-state index contributed by atoms with van der Waals surface area (Å²) >= 11 is 0. The molecule has 1 aromatic rings. The van der Waals surface area contributed by atoms with E-state index in [4.69, 9.17) is 4.52 Å². The summed E-state index contributed by atoms with van der Waals surface area (Å²) in [6.45, 7) is 8.39. The molecule has 0 amide bonds. The van der Waals surface area contributed by atoms with Crippen LogP contribution in [0.2, 0.25) is 0 Å². The van der Waals surface area contributed by atoms with E-state index in [1.54, 1.807) is 0 Å². The maximum atomic E-state index is 5.18. The summed E-state index contributed by atoms with van der Waals surface area (Å²) in [4.78, 5) is 4.64. The zero-order valence-electron chi connectivity index (χ0n) is 13.3. The molecule has 0 aliphatic heterocycles. The van der Waals surface area contributed by atoms with E-state index in [9.17, 15) is 0 Å². The second kappa shape index (κ2) is 7.86. The van der Waals surface area contributed by atoms with Crippen molar-refractivity contribution in [3.63, 3.8) is 0 Å². The molecule has 2 N–H and O–H groups in total. The van der Waals surface area contributed by atoms with Crippen molar-refractivity contribution in [1.82, 2.24) is 15.8 Å². The molecule has 5 heteroatoms. The number of hydrogen-bond acceptors (Lipinski definition) is 3. The maximum Gasteiger partial charge on any atom is 0.191 e. The van der Waals surface area contributed by atoms with Crippen molar-refractivity contribution < 1.29 is 4.52 Å². The highest BCUT2D eigenvalue weighted by Crippen LogP contribution is 2.17. The van der Waals surface area contributed by atoms with Crippen LogP contribution < -0.4 is 10.6 Å². The van der Waals surface area contributed by atoms with Crippen LogP contribution in [0, 0.1) is 19.8 Å². The lowest BCUT2D eigenvalue weighted by Gasteiger charge is -2.20. The lowest BCUT2D eigenvalue weighted by atomic mass is 9.94. The Labute approximate surface area is 126 Å². The van der Waals surface area contributed by atoms with Crippen molar-refractivity contribution in [3.8, 4) is 0 Å². The smallest absolute Gasteiger partial charge is 0.191 e. The van der Waals surface area contributed by atoms with E-state index in [1.807, 2.05) is 13.8 Å². The number of aromatic nitrogens is 1. The fraction of sp³-hybridized carbons (Fsp3) is 0.625. The van der Waals surface area contributed by atoms with Crippen molar-refractivity contribution in [3.05, 3.63) is 29.2 Å². The Kier molecular flexibility index (Phi) is 5.84. The van der Waals surface area contributed by atoms with Gasteiger partial charge in [0.1, 0.15) is 5.76 Å². The Morgan fingerprint density at radius 3 is 2.86 bits per heavy atom. The average molecular weight is 290 g/mol. The topological polar surface area (TPSA) is 62.5 Å². The lowest BCUT2D eigenvalue weighted by Crippen LogP contribution is -2.40. The van der Waals surface area contributed by atoms with E-state index >= 15 is 0 Å². The lowest BCUT2D eigenvalue weighted by molar-refractivity contribution is 0.392. The number of nitrogens with one attached hydrogen (secondary N) is 2. The van der Waals surface area contributed by atoms with Gasteiger partial charge in [-0.3, -0.25) is 0 Å². The minimum Gasteiger partial charge on any atom is -0.361 e. The SMILES string of the molecule is CCNC(=NCc1c(C)noc1C)NCC1CC=CCC1. The summed E-state index contributed by atoms with van der Waals surface area (Å²) in [5.74, 6) is 2.43. The summed E-state index contributed by atoms with van der Waals surface area (Å²) in [6.07, 6.45) is 8.17. The standard InChI is InChI=1S/C16H26N4O/c1-4-17-16(18-10-14-8-6-5-7-9-14)19-11-15-12(2)20-21-13(15)3/h5-6,14H,4,7-11H2,1-3H3,(H2,17,18,19). The van der Waals surface area contributed by atoms with Crippen LogP contribution in [-0.2, 0) is 6.54 Å². The molecule has 1 atom stereocenters. The van der Waals surface area contributed by atoms with Gasteiger partial charge in [0.15, 0.2) is 5.96 Å². The third-order valence-electron chi connectivity index (χ3n) is 3.86. The van der Waals surface area contributed by atoms with Crippen LogP contribution in [0.1, 0.15) is 43.2 Å². The summed E-state index contributed by atoms with van der Waals surface area (Å²) in [5.41, 5.74) is 2.00. The van der Waals surface area contributed by atoms with Gasteiger partial charge in [-0.2, -0.15) is 0 Å². The van der Waals surface area contributed by atoms with Gasteiger partial charge in [0.05, 0.1) is 12.2 Å². The molecule has 116 valence electrons. The molecule has 2 rings (SSSR count). The third kappa shape index (κ3) is 4.62. The molecule has 0 saturated carbocycles. The first-order valence-corrected chi connectivity index (χ1v) is 7.79. The van der Waals surface area contributed by atoms with Crippen molar-refractivity contribution in [2.45, 2.75) is 46.6 Å². The summed E-state index contributed by atoms with van der Waals surface area (Å²) in [6, 6.07) is 0. The third-order valence-corrected chi connectivity index (χ3v) is 3.86. The highest BCUT2D eigenvalue weighted by Gasteiger charge is 2.11. The van der Waals surface area contributed by atoms with E-state index in [0.29, 0.717) is 12.5 Å². The van der Waals surface area contributed by atoms with Gasteiger partial charge >= 0.3 is 0 Å². The first-order valence-electron chi connectivity index (χ1n) is 7.79. The monoisotopic (exact) mass is 290 g/mol. The normalized spacial score (nSPS) is 18.8. The van der Waals surface area contributed by atoms with E-state index < -0.39 is 0 Å². The molecule has 1 aromatic heterocycles. The van der Waals surface area contributed by atoms with Crippen LogP contribution in [0.15, 0.2) is 21.7 Å². The Hall–Kier alpha value is -1.78. The molecule has 0 spiro atoms. The summed E-state index contributed by atoms with van der Waals surface area (Å²) in [5, 5.41) is 10.7. The Morgan fingerprint density at radius 2 is 2.24 bits per heavy atom. The van der Waals surface area contributed by atoms with E-state index in [-0.39, 0.29) is 0 Å². The number of hydrogen-bond donors (Lipinski definition) is 2. The Bertz CT molecular complexity index is 485. The highest BCUT2D eigenvalue weighted by molar-refractivity contribution is 5.79. The zero-order valence-corrected chi connectivity index (χ0v) is 13.3. The molecule has 5 nitrogen and oxygen atoms in total. The molecular formula is C16H26N4O. The van der Waals surface area contributed by atoms with Crippen LogP contribution in [0.4, 0.5) is 0 Å². The molecular weight excluding hydrogens is 264 g/mol. The number of guanidine groups is 1. The van der Waals surface area contributed by atoms with Crippen molar-refractivity contribution in [2.75, 3.05) is 13.1 Å². The van der Waals surface area contributed by atoms with Crippen LogP contribution >= 0.6 is 0 Å². The van der Waals surface area contributed by atoms with Crippen LogP contribution in [-0.4, -0.2) is 24.2 Å². The predicted octanol–water partition coefficient (Wildman–Crippen LogP) is 2.70. The van der Waals surface area contributed by atoms with Crippen molar-refractivity contribution >= 4 is 5.96 Å². The average Bonchev–Trinajstić information content (AvgIpc) is 2.82. The first kappa shape index (κ1) is 15.6. The first-order chi connectivity index (χ1) is 10.2. The molecule has 0 aromatic carbocycles. The summed E-state index contributed by atoms with van der Waals surface area (Å²) < 4.78 is 5.18. The predicted molar refractivity (Wildman–Crippen MR) is 85.3 cm³/mol. The molecule has 0 radical (unpaired) electrons. The highest BCUT2D eigenvalue weighted by atomic mass is 16.5. The molecule has 0 saturated heterocycles. The number of aryl methyl sites for hydroxylation is 2. The van der Waals surface area contributed by atoms with Gasteiger partial charge in [0.25, 0.3) is 0 Å². The molecule has 1 unspecified atom stereocenters. The minimum atomic E-state index is 0.598. The quantitative estimate of drug-likeness (QED) is 0.497. The molecule has 1 aliphatic carbocycles. The largest absolute Gasteiger partial charge is 0.361 e. The van der Waals surface area contributed by atoms with E-state index in [0.717, 1.165) is 42.5 Å². The van der Waals surface area contributed by atoms with Crippen molar-refractivity contribution in [2.24, 2.45) is 10.9 Å². The zero-order chi connectivity index (χ0) is 15.1. The summed E-state index contributed by atoms with van der Waals surface area (Å²) in [7, 11) is 0. The van der Waals surface area contributed by atoms with Gasteiger partial charge < -0.3 is 15.2 Å². The van der Waals surface area contributed by atoms with Crippen LogP contribution in [0.25, 0.3) is 0 Å². The van der Waals surface area contributed by atoms with Gasteiger partial charge in [-0.05, 0) is 46.0 Å². The maximum absolute atomic E-state index is 5.18. The van der Waals surface area contributed by atoms with Gasteiger partial charge in [-0.1, -0.05) is 17.3 Å². The number of rotatable bonds is 5. The Morgan fingerprint density at radius 1 is 1.38 bits per heavy atom. The fourth-order valence-corrected chi connectivity index (χ4v) is 2.51. The molecule has 0 bridgehead atoms. The minimum absolute atomic E-state index is 0.598. The van der Waals surface area contributed by atoms with Gasteiger partial charge in [0, 0.05) is 18.7 Å². The van der Waals surface area contributed by atoms with Gasteiger partial charge in [0.2, 0.25) is 0 Å². The molecule has 1 heterocycles.